The summed E-state index contributed by atoms with van der Waals surface area (Å²) in [6.07, 6.45) is 3.16. The normalized spacial score (nSPS) is 13.0. The lowest BCUT2D eigenvalue weighted by atomic mass is 10.1. The first kappa shape index (κ1) is 15.7. The Morgan fingerprint density at radius 3 is 2.91 bits per heavy atom. The number of carbonyl (C=O) groups is 2. The Morgan fingerprint density at radius 2 is 2.17 bits per heavy atom. The highest BCUT2D eigenvalue weighted by Gasteiger charge is 2.25. The molecule has 0 aliphatic carbocycles. The Labute approximate surface area is 139 Å². The van der Waals surface area contributed by atoms with Gasteiger partial charge in [-0.25, -0.2) is 4.79 Å². The zero-order valence-electron chi connectivity index (χ0n) is 13.1. The van der Waals surface area contributed by atoms with Crippen LogP contribution in [0.1, 0.15) is 33.6 Å². The highest BCUT2D eigenvalue weighted by molar-refractivity contribution is 7.09. The second kappa shape index (κ2) is 6.96. The van der Waals surface area contributed by atoms with Crippen LogP contribution < -0.4 is 4.90 Å². The molecule has 1 aliphatic rings. The average molecular weight is 329 g/mol. The summed E-state index contributed by atoms with van der Waals surface area (Å²) in [7, 11) is 1.37. The number of methoxy groups -OCH3 is 1. The summed E-state index contributed by atoms with van der Waals surface area (Å²) in [6, 6.07) is 9.56. The molecule has 1 aromatic heterocycles. The number of benzene rings is 1. The SMILES string of the molecule is COC(=O)c1ccc2c(c1)CCN2C(=O)CCCc1cccs1. The lowest BCUT2D eigenvalue weighted by molar-refractivity contribution is -0.118. The van der Waals surface area contributed by atoms with Crippen LogP contribution >= 0.6 is 11.3 Å². The van der Waals surface area contributed by atoms with E-state index in [4.69, 9.17) is 4.74 Å². The standard InChI is InChI=1S/C18H19NO3S/c1-22-18(21)14-7-8-16-13(12-14)9-10-19(16)17(20)6-2-4-15-5-3-11-23-15/h3,5,7-8,11-12H,2,4,6,9-10H2,1H3. The first-order chi connectivity index (χ1) is 11.2. The van der Waals surface area contributed by atoms with Gasteiger partial charge in [0.05, 0.1) is 12.7 Å². The van der Waals surface area contributed by atoms with Crippen LogP contribution in [0.25, 0.3) is 0 Å². The fourth-order valence-electron chi connectivity index (χ4n) is 2.91. The van der Waals surface area contributed by atoms with Crippen molar-refractivity contribution in [3.63, 3.8) is 0 Å². The van der Waals surface area contributed by atoms with Crippen molar-refractivity contribution in [1.29, 1.82) is 0 Å². The predicted octanol–water partition coefficient (Wildman–Crippen LogP) is 3.45. The van der Waals surface area contributed by atoms with Gasteiger partial charge in [-0.2, -0.15) is 0 Å². The van der Waals surface area contributed by atoms with E-state index in [2.05, 4.69) is 11.4 Å². The molecule has 1 aromatic carbocycles. The molecular formula is C18H19NO3S. The molecule has 3 rings (SSSR count). The van der Waals surface area contributed by atoms with E-state index in [1.54, 1.807) is 17.4 Å². The molecule has 0 radical (unpaired) electrons. The highest BCUT2D eigenvalue weighted by Crippen LogP contribution is 2.30. The van der Waals surface area contributed by atoms with Gasteiger partial charge in [0.1, 0.15) is 0 Å². The van der Waals surface area contributed by atoms with Crippen LogP contribution in [0.4, 0.5) is 5.69 Å². The van der Waals surface area contributed by atoms with Gasteiger partial charge in [-0.15, -0.1) is 11.3 Å². The van der Waals surface area contributed by atoms with Gasteiger partial charge in [0.25, 0.3) is 0 Å². The molecule has 0 saturated heterocycles. The summed E-state index contributed by atoms with van der Waals surface area (Å²) in [4.78, 5) is 27.2. The van der Waals surface area contributed by atoms with Gasteiger partial charge >= 0.3 is 5.97 Å². The Hall–Kier alpha value is -2.14. The Bertz CT molecular complexity index is 709. The first-order valence-electron chi connectivity index (χ1n) is 7.73. The van der Waals surface area contributed by atoms with Gasteiger partial charge in [-0.3, -0.25) is 4.79 Å². The summed E-state index contributed by atoms with van der Waals surface area (Å²) < 4.78 is 4.74. The Kier molecular flexibility index (Phi) is 4.76. The number of esters is 1. The molecule has 0 bridgehead atoms. The summed E-state index contributed by atoms with van der Waals surface area (Å²) in [5.41, 5.74) is 2.51. The number of carbonyl (C=O) groups excluding carboxylic acids is 2. The fraction of sp³-hybridized carbons (Fsp3) is 0.333. The lowest BCUT2D eigenvalue weighted by Gasteiger charge is -2.17. The van der Waals surface area contributed by atoms with Crippen LogP contribution in [0.2, 0.25) is 0 Å². The van der Waals surface area contributed by atoms with Gasteiger partial charge < -0.3 is 9.64 Å². The third kappa shape index (κ3) is 3.45. The van der Waals surface area contributed by atoms with Crippen LogP contribution in [-0.4, -0.2) is 25.5 Å². The summed E-state index contributed by atoms with van der Waals surface area (Å²) in [5, 5.41) is 2.06. The molecular weight excluding hydrogens is 310 g/mol. The maximum Gasteiger partial charge on any atom is 0.337 e. The minimum absolute atomic E-state index is 0.158. The second-order valence-corrected chi connectivity index (χ2v) is 6.60. The number of amides is 1. The smallest absolute Gasteiger partial charge is 0.337 e. The molecule has 0 fully saturated rings. The zero-order valence-corrected chi connectivity index (χ0v) is 13.9. The third-order valence-corrected chi connectivity index (χ3v) is 5.03. The molecule has 4 nitrogen and oxygen atoms in total. The average Bonchev–Trinajstić information content (AvgIpc) is 3.22. The fourth-order valence-corrected chi connectivity index (χ4v) is 3.66. The molecule has 0 spiro atoms. The van der Waals surface area contributed by atoms with Crippen LogP contribution in [0.5, 0.6) is 0 Å². The van der Waals surface area contributed by atoms with E-state index < -0.39 is 0 Å². The molecule has 0 N–H and O–H groups in total. The predicted molar refractivity (Wildman–Crippen MR) is 91.1 cm³/mol. The van der Waals surface area contributed by atoms with Crippen molar-refractivity contribution >= 4 is 28.9 Å². The topological polar surface area (TPSA) is 46.6 Å². The van der Waals surface area contributed by atoms with Gasteiger partial charge in [0.15, 0.2) is 0 Å². The zero-order chi connectivity index (χ0) is 16.2. The molecule has 0 atom stereocenters. The quantitative estimate of drug-likeness (QED) is 0.789. The number of thiophene rings is 1. The molecule has 1 amide bonds. The highest BCUT2D eigenvalue weighted by atomic mass is 32.1. The van der Waals surface area contributed by atoms with Crippen molar-refractivity contribution in [3.8, 4) is 0 Å². The van der Waals surface area contributed by atoms with Crippen molar-refractivity contribution in [3.05, 3.63) is 51.7 Å². The molecule has 5 heteroatoms. The van der Waals surface area contributed by atoms with Gasteiger partial charge in [-0.05, 0) is 54.5 Å². The summed E-state index contributed by atoms with van der Waals surface area (Å²) in [5.74, 6) is -0.181. The van der Waals surface area contributed by atoms with Gasteiger partial charge in [0.2, 0.25) is 5.91 Å². The maximum atomic E-state index is 12.4. The van der Waals surface area contributed by atoms with Crippen molar-refractivity contribution in [2.24, 2.45) is 0 Å². The molecule has 120 valence electrons. The van der Waals surface area contributed by atoms with E-state index in [9.17, 15) is 9.59 Å². The number of aryl methyl sites for hydroxylation is 1. The van der Waals surface area contributed by atoms with Crippen molar-refractivity contribution in [1.82, 2.24) is 0 Å². The van der Waals surface area contributed by atoms with E-state index in [-0.39, 0.29) is 11.9 Å². The van der Waals surface area contributed by atoms with Crippen LogP contribution in [0.15, 0.2) is 35.7 Å². The minimum atomic E-state index is -0.339. The van der Waals surface area contributed by atoms with Crippen LogP contribution in [-0.2, 0) is 22.4 Å². The van der Waals surface area contributed by atoms with Crippen LogP contribution in [0, 0.1) is 0 Å². The molecule has 2 heterocycles. The number of hydrogen-bond donors (Lipinski definition) is 0. The first-order valence-corrected chi connectivity index (χ1v) is 8.61. The minimum Gasteiger partial charge on any atom is -0.465 e. The molecule has 0 unspecified atom stereocenters. The molecule has 1 aliphatic heterocycles. The second-order valence-electron chi connectivity index (χ2n) is 5.56. The van der Waals surface area contributed by atoms with E-state index >= 15 is 0 Å². The largest absolute Gasteiger partial charge is 0.465 e. The Balaban J connectivity index is 1.62. The monoisotopic (exact) mass is 329 g/mol. The van der Waals surface area contributed by atoms with E-state index in [1.165, 1.54) is 12.0 Å². The molecule has 2 aromatic rings. The number of rotatable bonds is 5. The number of anilines is 1. The Morgan fingerprint density at radius 1 is 1.30 bits per heavy atom. The summed E-state index contributed by atoms with van der Waals surface area (Å²) in [6.45, 7) is 0.692. The number of fused-ring (bicyclic) bond motifs is 1. The van der Waals surface area contributed by atoms with E-state index in [0.717, 1.165) is 30.5 Å². The number of ether oxygens (including phenoxy) is 1. The number of nitrogens with zero attached hydrogens (tertiary/aromatic N) is 1. The summed E-state index contributed by atoms with van der Waals surface area (Å²) >= 11 is 1.73. The van der Waals surface area contributed by atoms with E-state index in [0.29, 0.717) is 18.5 Å². The van der Waals surface area contributed by atoms with Crippen molar-refractivity contribution in [2.75, 3.05) is 18.6 Å². The van der Waals surface area contributed by atoms with Crippen LogP contribution in [0.3, 0.4) is 0 Å². The van der Waals surface area contributed by atoms with Gasteiger partial charge in [-0.1, -0.05) is 6.07 Å². The molecule has 23 heavy (non-hydrogen) atoms. The van der Waals surface area contributed by atoms with Crippen molar-refractivity contribution < 1.29 is 14.3 Å². The van der Waals surface area contributed by atoms with E-state index in [1.807, 2.05) is 23.1 Å². The van der Waals surface area contributed by atoms with Gasteiger partial charge in [0, 0.05) is 23.5 Å². The number of hydrogen-bond acceptors (Lipinski definition) is 4. The van der Waals surface area contributed by atoms with Crippen molar-refractivity contribution in [2.45, 2.75) is 25.7 Å². The lowest BCUT2D eigenvalue weighted by Crippen LogP contribution is -2.28. The maximum absolute atomic E-state index is 12.4. The molecule has 0 saturated carbocycles. The third-order valence-electron chi connectivity index (χ3n) is 4.09.